The van der Waals surface area contributed by atoms with Crippen molar-refractivity contribution in [1.29, 1.82) is 0 Å². The Morgan fingerprint density at radius 3 is 2.45 bits per heavy atom. The van der Waals surface area contributed by atoms with E-state index in [-0.39, 0.29) is 0 Å². The van der Waals surface area contributed by atoms with Crippen LogP contribution >= 0.6 is 23.1 Å². The molecule has 0 spiro atoms. The molecule has 1 aliphatic heterocycles. The summed E-state index contributed by atoms with van der Waals surface area (Å²) in [6, 6.07) is 7.35. The van der Waals surface area contributed by atoms with Crippen molar-refractivity contribution in [2.45, 2.75) is 6.54 Å². The lowest BCUT2D eigenvalue weighted by molar-refractivity contribution is 0.247. The SMILES string of the molecule is Oc1ccc(N2CCN(Cc3nnsc3Cl)CC2)cc1. The summed E-state index contributed by atoms with van der Waals surface area (Å²) in [5.41, 5.74) is 2.02. The summed E-state index contributed by atoms with van der Waals surface area (Å²) in [4.78, 5) is 4.65. The van der Waals surface area contributed by atoms with Gasteiger partial charge in [-0.15, -0.1) is 5.10 Å². The van der Waals surface area contributed by atoms with Gasteiger partial charge in [0, 0.05) is 49.9 Å². The van der Waals surface area contributed by atoms with Gasteiger partial charge in [0.1, 0.15) is 15.8 Å². The highest BCUT2D eigenvalue weighted by Crippen LogP contribution is 2.22. The fraction of sp³-hybridized carbons (Fsp3) is 0.385. The lowest BCUT2D eigenvalue weighted by Crippen LogP contribution is -2.46. The molecule has 7 heteroatoms. The first kappa shape index (κ1) is 13.6. The number of benzene rings is 1. The van der Waals surface area contributed by atoms with Gasteiger partial charge in [0.15, 0.2) is 0 Å². The van der Waals surface area contributed by atoms with Crippen LogP contribution in [0.1, 0.15) is 5.69 Å². The number of halogens is 1. The van der Waals surface area contributed by atoms with E-state index >= 15 is 0 Å². The smallest absolute Gasteiger partial charge is 0.138 e. The number of rotatable bonds is 3. The van der Waals surface area contributed by atoms with E-state index in [1.54, 1.807) is 12.1 Å². The van der Waals surface area contributed by atoms with Crippen LogP contribution in [0.3, 0.4) is 0 Å². The Kier molecular flexibility index (Phi) is 4.05. The molecule has 2 heterocycles. The van der Waals surface area contributed by atoms with Gasteiger partial charge in [-0.05, 0) is 24.3 Å². The minimum atomic E-state index is 0.304. The van der Waals surface area contributed by atoms with E-state index in [1.807, 2.05) is 12.1 Å². The molecule has 0 unspecified atom stereocenters. The van der Waals surface area contributed by atoms with Crippen LogP contribution in [-0.2, 0) is 6.54 Å². The molecule has 2 aromatic rings. The van der Waals surface area contributed by atoms with Crippen molar-refractivity contribution in [2.24, 2.45) is 0 Å². The van der Waals surface area contributed by atoms with Gasteiger partial charge < -0.3 is 10.0 Å². The predicted octanol–water partition coefficient (Wildman–Crippen LogP) is 2.22. The van der Waals surface area contributed by atoms with Crippen molar-refractivity contribution in [1.82, 2.24) is 14.5 Å². The molecule has 20 heavy (non-hydrogen) atoms. The zero-order valence-electron chi connectivity index (χ0n) is 10.9. The second-order valence-corrected chi connectivity index (χ2v) is 6.13. The van der Waals surface area contributed by atoms with Gasteiger partial charge in [0.2, 0.25) is 0 Å². The first-order chi connectivity index (χ1) is 9.72. The van der Waals surface area contributed by atoms with Crippen LogP contribution in [-0.4, -0.2) is 45.8 Å². The largest absolute Gasteiger partial charge is 0.508 e. The second-order valence-electron chi connectivity index (χ2n) is 4.77. The monoisotopic (exact) mass is 310 g/mol. The molecule has 1 fully saturated rings. The third kappa shape index (κ3) is 3.03. The van der Waals surface area contributed by atoms with Gasteiger partial charge in [0.25, 0.3) is 0 Å². The molecule has 1 N–H and O–H groups in total. The van der Waals surface area contributed by atoms with Crippen LogP contribution in [0.5, 0.6) is 5.75 Å². The Balaban J connectivity index is 1.57. The number of aromatic hydroxyl groups is 1. The van der Waals surface area contributed by atoms with E-state index in [0.717, 1.165) is 44.1 Å². The maximum Gasteiger partial charge on any atom is 0.138 e. The van der Waals surface area contributed by atoms with Crippen molar-refractivity contribution in [3.8, 4) is 5.75 Å². The van der Waals surface area contributed by atoms with Crippen LogP contribution in [0.25, 0.3) is 0 Å². The first-order valence-corrected chi connectivity index (χ1v) is 7.60. The molecule has 1 aromatic carbocycles. The van der Waals surface area contributed by atoms with Crippen LogP contribution < -0.4 is 4.90 Å². The summed E-state index contributed by atoms with van der Waals surface area (Å²) in [5.74, 6) is 0.304. The average molecular weight is 311 g/mol. The van der Waals surface area contributed by atoms with Crippen LogP contribution in [0.4, 0.5) is 5.69 Å². The fourth-order valence-electron chi connectivity index (χ4n) is 2.33. The first-order valence-electron chi connectivity index (χ1n) is 6.45. The van der Waals surface area contributed by atoms with Crippen LogP contribution in [0, 0.1) is 0 Å². The van der Waals surface area contributed by atoms with Gasteiger partial charge in [0.05, 0.1) is 0 Å². The standard InChI is InChI=1S/C13H15ClN4OS/c14-13-12(15-16-20-13)9-17-5-7-18(8-6-17)10-1-3-11(19)4-2-10/h1-4,19H,5-9H2. The maximum atomic E-state index is 9.32. The summed E-state index contributed by atoms with van der Waals surface area (Å²) in [5, 5.41) is 13.4. The Labute approximate surface area is 126 Å². The molecule has 0 aliphatic carbocycles. The molecule has 0 saturated carbocycles. The van der Waals surface area contributed by atoms with E-state index in [9.17, 15) is 5.11 Å². The van der Waals surface area contributed by atoms with Crippen molar-refractivity contribution < 1.29 is 5.11 Å². The zero-order chi connectivity index (χ0) is 13.9. The Morgan fingerprint density at radius 2 is 1.85 bits per heavy atom. The number of anilines is 1. The number of hydrogen-bond donors (Lipinski definition) is 1. The molecule has 5 nitrogen and oxygen atoms in total. The fourth-order valence-corrected chi connectivity index (χ4v) is 2.94. The van der Waals surface area contributed by atoms with Crippen molar-refractivity contribution >= 4 is 28.8 Å². The predicted molar refractivity (Wildman–Crippen MR) is 80.5 cm³/mol. The average Bonchev–Trinajstić information content (AvgIpc) is 2.86. The van der Waals surface area contributed by atoms with Gasteiger partial charge in [-0.3, -0.25) is 4.90 Å². The highest BCUT2D eigenvalue weighted by molar-refractivity contribution is 7.10. The Morgan fingerprint density at radius 1 is 1.15 bits per heavy atom. The molecule has 0 atom stereocenters. The lowest BCUT2D eigenvalue weighted by atomic mass is 10.2. The normalized spacial score (nSPS) is 16.6. The van der Waals surface area contributed by atoms with Gasteiger partial charge >= 0.3 is 0 Å². The Bertz CT molecular complexity index is 566. The van der Waals surface area contributed by atoms with E-state index in [4.69, 9.17) is 11.6 Å². The van der Waals surface area contributed by atoms with E-state index in [2.05, 4.69) is 19.4 Å². The molecule has 1 saturated heterocycles. The number of nitrogens with zero attached hydrogens (tertiary/aromatic N) is 4. The number of hydrogen-bond acceptors (Lipinski definition) is 6. The molecular formula is C13H15ClN4OS. The topological polar surface area (TPSA) is 52.5 Å². The zero-order valence-corrected chi connectivity index (χ0v) is 12.4. The summed E-state index contributed by atoms with van der Waals surface area (Å²) in [7, 11) is 0. The Hall–Kier alpha value is -1.37. The quantitative estimate of drug-likeness (QED) is 0.942. The van der Waals surface area contributed by atoms with E-state index in [1.165, 1.54) is 11.5 Å². The highest BCUT2D eigenvalue weighted by Gasteiger charge is 2.19. The molecule has 1 aliphatic rings. The van der Waals surface area contributed by atoms with Crippen molar-refractivity contribution in [2.75, 3.05) is 31.1 Å². The minimum absolute atomic E-state index is 0.304. The molecular weight excluding hydrogens is 296 g/mol. The third-order valence-electron chi connectivity index (χ3n) is 3.47. The number of phenols is 1. The lowest BCUT2D eigenvalue weighted by Gasteiger charge is -2.35. The third-order valence-corrected chi connectivity index (χ3v) is 4.45. The summed E-state index contributed by atoms with van der Waals surface area (Å²) in [6.07, 6.45) is 0. The molecule has 3 rings (SSSR count). The van der Waals surface area contributed by atoms with Crippen molar-refractivity contribution in [3.63, 3.8) is 0 Å². The van der Waals surface area contributed by atoms with Gasteiger partial charge in [-0.25, -0.2) is 0 Å². The van der Waals surface area contributed by atoms with Gasteiger partial charge in [-0.2, -0.15) is 0 Å². The van der Waals surface area contributed by atoms with Crippen molar-refractivity contribution in [3.05, 3.63) is 34.3 Å². The maximum absolute atomic E-state index is 9.32. The molecule has 1 aromatic heterocycles. The number of phenolic OH excluding ortho intramolecular Hbond substituents is 1. The van der Waals surface area contributed by atoms with Gasteiger partial charge in [-0.1, -0.05) is 16.1 Å². The van der Waals surface area contributed by atoms with Crippen LogP contribution in [0.15, 0.2) is 24.3 Å². The molecule has 0 bridgehead atoms. The highest BCUT2D eigenvalue weighted by atomic mass is 35.5. The minimum Gasteiger partial charge on any atom is -0.508 e. The molecule has 106 valence electrons. The molecule has 0 radical (unpaired) electrons. The number of piperazine rings is 1. The van der Waals surface area contributed by atoms with E-state index in [0.29, 0.717) is 10.1 Å². The van der Waals surface area contributed by atoms with E-state index < -0.39 is 0 Å². The summed E-state index contributed by atoms with van der Waals surface area (Å²) in [6.45, 7) is 4.61. The summed E-state index contributed by atoms with van der Waals surface area (Å²) < 4.78 is 4.54. The second kappa shape index (κ2) is 5.95. The molecule has 0 amide bonds. The number of aromatic nitrogens is 2. The summed E-state index contributed by atoms with van der Waals surface area (Å²) >= 11 is 7.27. The van der Waals surface area contributed by atoms with Crippen LogP contribution in [0.2, 0.25) is 4.34 Å².